The van der Waals surface area contributed by atoms with Gasteiger partial charge in [0.25, 0.3) is 5.56 Å². The van der Waals surface area contributed by atoms with Crippen molar-refractivity contribution in [2.75, 3.05) is 0 Å². The number of aromatic nitrogens is 3. The Morgan fingerprint density at radius 3 is 2.94 bits per heavy atom. The first-order valence-corrected chi connectivity index (χ1v) is 5.12. The summed E-state index contributed by atoms with van der Waals surface area (Å²) in [6.07, 6.45) is 3.44. The fraction of sp³-hybridized carbons (Fsp3) is 0.167. The number of rotatable bonds is 0. The number of nitrogens with one attached hydrogen (secondary N) is 1. The minimum absolute atomic E-state index is 0.0919. The summed E-state index contributed by atoms with van der Waals surface area (Å²) in [5.74, 6) is 0. The van der Waals surface area contributed by atoms with Gasteiger partial charge in [-0.05, 0) is 31.0 Å². The number of nitrogens with zero attached hydrogens (tertiary/aromatic N) is 2. The van der Waals surface area contributed by atoms with E-state index in [1.165, 1.54) is 6.33 Å². The largest absolute Gasteiger partial charge is 0.313 e. The standard InChI is InChI=1S/C12H11N3O/c1-7-3-8(2)10-4-9-11(15(10)5-7)13-6-14-12(9)16/h3-6H,1-2H3,(H,13,14,16). The first-order valence-electron chi connectivity index (χ1n) is 5.12. The second kappa shape index (κ2) is 2.95. The van der Waals surface area contributed by atoms with Crippen LogP contribution in [0.4, 0.5) is 0 Å². The summed E-state index contributed by atoms with van der Waals surface area (Å²) in [4.78, 5) is 18.4. The number of H-pyrrole nitrogens is 1. The van der Waals surface area contributed by atoms with Crippen molar-refractivity contribution < 1.29 is 0 Å². The molecule has 0 aliphatic heterocycles. The maximum Gasteiger partial charge on any atom is 0.260 e. The van der Waals surface area contributed by atoms with Gasteiger partial charge in [0.2, 0.25) is 0 Å². The van der Waals surface area contributed by atoms with Crippen molar-refractivity contribution in [3.8, 4) is 0 Å². The van der Waals surface area contributed by atoms with Crippen LogP contribution in [0.25, 0.3) is 16.6 Å². The topological polar surface area (TPSA) is 50.2 Å². The maximum atomic E-state index is 11.6. The molecule has 0 bridgehead atoms. The highest BCUT2D eigenvalue weighted by Crippen LogP contribution is 2.19. The Hall–Kier alpha value is -2.10. The molecular formula is C12H11N3O. The second-order valence-electron chi connectivity index (χ2n) is 4.07. The molecule has 0 saturated heterocycles. The number of hydrogen-bond acceptors (Lipinski definition) is 2. The molecule has 0 aliphatic rings. The molecular weight excluding hydrogens is 202 g/mol. The van der Waals surface area contributed by atoms with Crippen LogP contribution in [0.15, 0.2) is 29.5 Å². The molecule has 4 heteroatoms. The predicted octanol–water partition coefficient (Wildman–Crippen LogP) is 1.79. The Morgan fingerprint density at radius 1 is 1.31 bits per heavy atom. The molecule has 4 nitrogen and oxygen atoms in total. The van der Waals surface area contributed by atoms with Gasteiger partial charge >= 0.3 is 0 Å². The quantitative estimate of drug-likeness (QED) is 0.619. The second-order valence-corrected chi connectivity index (χ2v) is 4.07. The fourth-order valence-electron chi connectivity index (χ4n) is 2.13. The third-order valence-electron chi connectivity index (χ3n) is 2.82. The van der Waals surface area contributed by atoms with Gasteiger partial charge < -0.3 is 9.38 Å². The first-order chi connectivity index (χ1) is 7.66. The van der Waals surface area contributed by atoms with Gasteiger partial charge in [-0.3, -0.25) is 4.79 Å². The molecule has 0 spiro atoms. The van der Waals surface area contributed by atoms with Crippen LogP contribution in [0.1, 0.15) is 11.1 Å². The van der Waals surface area contributed by atoms with Gasteiger partial charge in [0.05, 0.1) is 17.2 Å². The van der Waals surface area contributed by atoms with E-state index >= 15 is 0 Å². The van der Waals surface area contributed by atoms with E-state index in [0.717, 1.165) is 16.6 Å². The van der Waals surface area contributed by atoms with Gasteiger partial charge in [0, 0.05) is 6.20 Å². The molecule has 0 amide bonds. The van der Waals surface area contributed by atoms with E-state index < -0.39 is 0 Å². The van der Waals surface area contributed by atoms with Gasteiger partial charge in [-0.25, -0.2) is 4.98 Å². The molecule has 0 aliphatic carbocycles. The Kier molecular flexibility index (Phi) is 1.68. The Bertz CT molecular complexity index is 752. The molecule has 16 heavy (non-hydrogen) atoms. The van der Waals surface area contributed by atoms with Crippen molar-refractivity contribution in [3.05, 3.63) is 46.1 Å². The average molecular weight is 213 g/mol. The van der Waals surface area contributed by atoms with Gasteiger partial charge in [-0.2, -0.15) is 0 Å². The third kappa shape index (κ3) is 1.10. The zero-order valence-corrected chi connectivity index (χ0v) is 9.11. The van der Waals surface area contributed by atoms with Gasteiger partial charge in [-0.15, -0.1) is 0 Å². The molecule has 3 rings (SSSR count). The number of hydrogen-bond donors (Lipinski definition) is 1. The molecule has 0 fully saturated rings. The molecule has 3 aromatic heterocycles. The number of aryl methyl sites for hydroxylation is 2. The van der Waals surface area contributed by atoms with Crippen molar-refractivity contribution >= 4 is 16.6 Å². The zero-order valence-electron chi connectivity index (χ0n) is 9.11. The fourth-order valence-corrected chi connectivity index (χ4v) is 2.13. The van der Waals surface area contributed by atoms with Crippen LogP contribution in [0.2, 0.25) is 0 Å². The Balaban J connectivity index is 2.66. The summed E-state index contributed by atoms with van der Waals surface area (Å²) in [5.41, 5.74) is 3.96. The summed E-state index contributed by atoms with van der Waals surface area (Å²) < 4.78 is 1.97. The van der Waals surface area contributed by atoms with Crippen LogP contribution in [-0.4, -0.2) is 14.4 Å². The van der Waals surface area contributed by atoms with E-state index in [2.05, 4.69) is 16.0 Å². The van der Waals surface area contributed by atoms with Crippen LogP contribution < -0.4 is 5.56 Å². The lowest BCUT2D eigenvalue weighted by Gasteiger charge is -2.01. The van der Waals surface area contributed by atoms with Crippen LogP contribution >= 0.6 is 0 Å². The van der Waals surface area contributed by atoms with Crippen molar-refractivity contribution in [3.63, 3.8) is 0 Å². The Labute approximate surface area is 91.6 Å². The first kappa shape index (κ1) is 9.15. The highest BCUT2D eigenvalue weighted by Gasteiger charge is 2.08. The lowest BCUT2D eigenvalue weighted by molar-refractivity contribution is 1.11. The van der Waals surface area contributed by atoms with Crippen molar-refractivity contribution in [1.29, 1.82) is 0 Å². The van der Waals surface area contributed by atoms with E-state index in [0.29, 0.717) is 11.0 Å². The molecule has 3 heterocycles. The molecule has 0 unspecified atom stereocenters. The molecule has 0 aromatic carbocycles. The lowest BCUT2D eigenvalue weighted by Crippen LogP contribution is -2.05. The molecule has 0 radical (unpaired) electrons. The predicted molar refractivity (Wildman–Crippen MR) is 62.8 cm³/mol. The number of pyridine rings is 1. The van der Waals surface area contributed by atoms with Crippen LogP contribution in [0, 0.1) is 13.8 Å². The monoisotopic (exact) mass is 213 g/mol. The van der Waals surface area contributed by atoms with Gasteiger partial charge in [0.15, 0.2) is 5.65 Å². The Morgan fingerprint density at radius 2 is 2.12 bits per heavy atom. The van der Waals surface area contributed by atoms with E-state index in [1.54, 1.807) is 0 Å². The molecule has 1 N–H and O–H groups in total. The smallest absolute Gasteiger partial charge is 0.260 e. The van der Waals surface area contributed by atoms with E-state index in [9.17, 15) is 4.79 Å². The summed E-state index contributed by atoms with van der Waals surface area (Å²) in [7, 11) is 0. The summed E-state index contributed by atoms with van der Waals surface area (Å²) in [6.45, 7) is 4.07. The minimum Gasteiger partial charge on any atom is -0.313 e. The summed E-state index contributed by atoms with van der Waals surface area (Å²) in [5, 5.41) is 0.635. The van der Waals surface area contributed by atoms with E-state index in [-0.39, 0.29) is 5.56 Å². The lowest BCUT2D eigenvalue weighted by atomic mass is 10.2. The minimum atomic E-state index is -0.0919. The van der Waals surface area contributed by atoms with E-state index in [4.69, 9.17) is 0 Å². The number of aromatic amines is 1. The summed E-state index contributed by atoms with van der Waals surface area (Å²) in [6, 6.07) is 3.98. The molecule has 80 valence electrons. The van der Waals surface area contributed by atoms with Crippen LogP contribution in [-0.2, 0) is 0 Å². The zero-order chi connectivity index (χ0) is 11.3. The van der Waals surface area contributed by atoms with Crippen molar-refractivity contribution in [2.24, 2.45) is 0 Å². The third-order valence-corrected chi connectivity index (χ3v) is 2.82. The highest BCUT2D eigenvalue weighted by molar-refractivity contribution is 5.84. The normalized spacial score (nSPS) is 11.4. The average Bonchev–Trinajstić information content (AvgIpc) is 2.59. The SMILES string of the molecule is Cc1cc(C)c2cc3c(=O)[nH]cnc3n2c1. The van der Waals surface area contributed by atoms with Crippen LogP contribution in [0.3, 0.4) is 0 Å². The molecule has 0 saturated carbocycles. The van der Waals surface area contributed by atoms with Gasteiger partial charge in [0.1, 0.15) is 0 Å². The van der Waals surface area contributed by atoms with E-state index in [1.807, 2.05) is 30.5 Å². The van der Waals surface area contributed by atoms with Crippen molar-refractivity contribution in [2.45, 2.75) is 13.8 Å². The van der Waals surface area contributed by atoms with Crippen molar-refractivity contribution in [1.82, 2.24) is 14.4 Å². The summed E-state index contributed by atoms with van der Waals surface area (Å²) >= 11 is 0. The number of fused-ring (bicyclic) bond motifs is 3. The molecule has 3 aromatic rings. The van der Waals surface area contributed by atoms with Crippen LogP contribution in [0.5, 0.6) is 0 Å². The maximum absolute atomic E-state index is 11.6. The molecule has 0 atom stereocenters. The van der Waals surface area contributed by atoms with Gasteiger partial charge in [-0.1, -0.05) is 6.07 Å². The highest BCUT2D eigenvalue weighted by atomic mass is 16.1.